The van der Waals surface area contributed by atoms with Crippen molar-refractivity contribution in [3.63, 3.8) is 0 Å². The van der Waals surface area contributed by atoms with Gasteiger partial charge in [-0.3, -0.25) is 4.79 Å². The molecule has 8 nitrogen and oxygen atoms in total. The second kappa shape index (κ2) is 8.50. The van der Waals surface area contributed by atoms with E-state index in [1.807, 2.05) is 54.6 Å². The average molecular weight is 431 g/mol. The van der Waals surface area contributed by atoms with E-state index in [0.29, 0.717) is 17.0 Å². The summed E-state index contributed by atoms with van der Waals surface area (Å²) in [5, 5.41) is 21.5. The molecule has 8 heteroatoms. The summed E-state index contributed by atoms with van der Waals surface area (Å²) in [4.78, 5) is 24.4. The maximum absolute atomic E-state index is 12.9. The molecule has 4 aromatic rings. The van der Waals surface area contributed by atoms with Gasteiger partial charge in [0.25, 0.3) is 11.8 Å². The predicted octanol–water partition coefficient (Wildman–Crippen LogP) is 4.06. The lowest BCUT2D eigenvalue weighted by Gasteiger charge is -2.22. The van der Waals surface area contributed by atoms with Crippen LogP contribution in [0.2, 0.25) is 0 Å². The number of amides is 1. The first-order valence-electron chi connectivity index (χ1n) is 9.93. The molecule has 0 aliphatic heterocycles. The highest BCUT2D eigenvalue weighted by molar-refractivity contribution is 6.05. The Morgan fingerprint density at radius 1 is 1.00 bits per heavy atom. The number of nitrogens with one attached hydrogen (secondary N) is 1. The van der Waals surface area contributed by atoms with Crippen molar-refractivity contribution in [2.75, 3.05) is 0 Å². The normalized spacial score (nSPS) is 11.3. The van der Waals surface area contributed by atoms with E-state index in [1.165, 1.54) is 13.8 Å². The molecule has 0 bridgehead atoms. The Labute approximate surface area is 183 Å². The fourth-order valence-electron chi connectivity index (χ4n) is 3.13. The van der Waals surface area contributed by atoms with Crippen molar-refractivity contribution < 1.29 is 23.8 Å². The van der Waals surface area contributed by atoms with Gasteiger partial charge in [0.05, 0.1) is 5.56 Å². The number of carbonyl (C=O) groups excluding carboxylic acids is 1. The zero-order valence-electron chi connectivity index (χ0n) is 17.5. The molecule has 3 aromatic carbocycles. The average Bonchev–Trinajstić information content (AvgIpc) is 3.26. The van der Waals surface area contributed by atoms with Crippen LogP contribution >= 0.6 is 0 Å². The molecular formula is C24H21N3O5. The minimum atomic E-state index is -1.45. The highest BCUT2D eigenvalue weighted by atomic mass is 16.5. The molecule has 0 unspecified atom stereocenters. The van der Waals surface area contributed by atoms with E-state index >= 15 is 0 Å². The first-order valence-corrected chi connectivity index (χ1v) is 9.93. The lowest BCUT2D eigenvalue weighted by molar-refractivity contribution is -0.143. The third-order valence-electron chi connectivity index (χ3n) is 4.91. The largest absolute Gasteiger partial charge is 0.482 e. The van der Waals surface area contributed by atoms with Crippen LogP contribution in [0.3, 0.4) is 0 Å². The number of fused-ring (bicyclic) bond motifs is 1. The highest BCUT2D eigenvalue weighted by Gasteiger charge is 2.30. The van der Waals surface area contributed by atoms with Gasteiger partial charge < -0.3 is 19.6 Å². The van der Waals surface area contributed by atoms with E-state index in [9.17, 15) is 14.7 Å². The van der Waals surface area contributed by atoms with Crippen molar-refractivity contribution in [2.45, 2.75) is 26.0 Å². The van der Waals surface area contributed by atoms with Crippen LogP contribution in [-0.2, 0) is 11.4 Å². The molecular weight excluding hydrogens is 410 g/mol. The van der Waals surface area contributed by atoms with Crippen LogP contribution in [-0.4, -0.2) is 32.7 Å². The Morgan fingerprint density at radius 3 is 2.47 bits per heavy atom. The lowest BCUT2D eigenvalue weighted by atomic mass is 10.0. The van der Waals surface area contributed by atoms with Gasteiger partial charge in [-0.25, -0.2) is 4.79 Å². The molecule has 0 radical (unpaired) electrons. The van der Waals surface area contributed by atoms with Crippen molar-refractivity contribution in [1.29, 1.82) is 0 Å². The second-order valence-electron chi connectivity index (χ2n) is 7.70. The molecule has 162 valence electrons. The van der Waals surface area contributed by atoms with Gasteiger partial charge in [-0.05, 0) is 37.4 Å². The van der Waals surface area contributed by atoms with E-state index in [4.69, 9.17) is 9.15 Å². The molecule has 32 heavy (non-hydrogen) atoms. The maximum Gasteiger partial charge on any atom is 0.328 e. The van der Waals surface area contributed by atoms with Gasteiger partial charge in [0.15, 0.2) is 6.61 Å². The van der Waals surface area contributed by atoms with Crippen LogP contribution in [0.4, 0.5) is 0 Å². The zero-order valence-corrected chi connectivity index (χ0v) is 17.5. The Bertz CT molecular complexity index is 1280. The summed E-state index contributed by atoms with van der Waals surface area (Å²) in [5.41, 5.74) is -0.454. The summed E-state index contributed by atoms with van der Waals surface area (Å²) >= 11 is 0. The molecule has 0 fully saturated rings. The molecule has 0 spiro atoms. The number of carboxylic acids is 1. The molecule has 1 amide bonds. The van der Waals surface area contributed by atoms with Crippen LogP contribution in [0.5, 0.6) is 5.75 Å². The van der Waals surface area contributed by atoms with Crippen molar-refractivity contribution in [1.82, 2.24) is 15.5 Å². The number of aliphatic carboxylic acids is 1. The third kappa shape index (κ3) is 4.29. The third-order valence-corrected chi connectivity index (χ3v) is 4.91. The summed E-state index contributed by atoms with van der Waals surface area (Å²) in [5.74, 6) is -0.791. The van der Waals surface area contributed by atoms with E-state index in [0.717, 1.165) is 10.9 Å². The van der Waals surface area contributed by atoms with Crippen LogP contribution in [0.25, 0.3) is 22.2 Å². The SMILES string of the molecule is CC(C)(NC(=O)c1ccc2ccccc2c1OCc1nnc(-c2ccccc2)o1)C(=O)O. The van der Waals surface area contributed by atoms with Crippen molar-refractivity contribution >= 4 is 22.6 Å². The van der Waals surface area contributed by atoms with Gasteiger partial charge >= 0.3 is 5.97 Å². The molecule has 2 N–H and O–H groups in total. The van der Waals surface area contributed by atoms with Crippen LogP contribution in [0.15, 0.2) is 71.1 Å². The Morgan fingerprint density at radius 2 is 1.72 bits per heavy atom. The molecule has 0 aliphatic rings. The minimum Gasteiger partial charge on any atom is -0.482 e. The smallest absolute Gasteiger partial charge is 0.328 e. The highest BCUT2D eigenvalue weighted by Crippen LogP contribution is 2.31. The number of carbonyl (C=O) groups is 2. The zero-order chi connectivity index (χ0) is 22.7. The molecule has 0 aliphatic carbocycles. The summed E-state index contributed by atoms with van der Waals surface area (Å²) in [6, 6.07) is 20.2. The van der Waals surface area contributed by atoms with Gasteiger partial charge in [-0.2, -0.15) is 0 Å². The van der Waals surface area contributed by atoms with Crippen LogP contribution in [0, 0.1) is 0 Å². The maximum atomic E-state index is 12.9. The fraction of sp³-hybridized carbons (Fsp3) is 0.167. The van der Waals surface area contributed by atoms with Gasteiger partial charge in [0.1, 0.15) is 11.3 Å². The van der Waals surface area contributed by atoms with Crippen molar-refractivity contribution in [3.05, 3.63) is 78.2 Å². The van der Waals surface area contributed by atoms with Gasteiger partial charge in [0, 0.05) is 10.9 Å². The molecule has 0 saturated heterocycles. The van der Waals surface area contributed by atoms with E-state index in [2.05, 4.69) is 15.5 Å². The topological polar surface area (TPSA) is 115 Å². The standard InChI is InChI=1S/C24H21N3O5/c1-24(2,23(29)30)25-21(28)18-13-12-15-8-6-7-11-17(15)20(18)31-14-19-26-27-22(32-19)16-9-4-3-5-10-16/h3-13H,14H2,1-2H3,(H,25,28)(H,29,30). The summed E-state index contributed by atoms with van der Waals surface area (Å²) in [6.07, 6.45) is 0. The van der Waals surface area contributed by atoms with Gasteiger partial charge in [-0.15, -0.1) is 10.2 Å². The molecule has 1 aromatic heterocycles. The second-order valence-corrected chi connectivity index (χ2v) is 7.70. The summed E-state index contributed by atoms with van der Waals surface area (Å²) in [6.45, 7) is 2.77. The lowest BCUT2D eigenvalue weighted by Crippen LogP contribution is -2.49. The number of carboxylic acid groups (broad SMARTS) is 1. The number of hydrogen-bond donors (Lipinski definition) is 2. The molecule has 1 heterocycles. The monoisotopic (exact) mass is 431 g/mol. The quantitative estimate of drug-likeness (QED) is 0.453. The first kappa shape index (κ1) is 21.0. The number of benzene rings is 3. The molecule has 0 atom stereocenters. The van der Waals surface area contributed by atoms with E-state index in [1.54, 1.807) is 12.1 Å². The molecule has 4 rings (SSSR count). The van der Waals surface area contributed by atoms with Gasteiger partial charge in [-0.1, -0.05) is 48.5 Å². The van der Waals surface area contributed by atoms with E-state index in [-0.39, 0.29) is 18.1 Å². The van der Waals surface area contributed by atoms with Crippen molar-refractivity contribution in [2.24, 2.45) is 0 Å². The first-order chi connectivity index (χ1) is 15.3. The number of aromatic nitrogens is 2. The number of nitrogens with zero attached hydrogens (tertiary/aromatic N) is 2. The van der Waals surface area contributed by atoms with E-state index < -0.39 is 17.4 Å². The molecule has 0 saturated carbocycles. The Kier molecular flexibility index (Phi) is 5.59. The predicted molar refractivity (Wildman–Crippen MR) is 117 cm³/mol. The number of ether oxygens (including phenoxy) is 1. The Hall–Kier alpha value is -4.20. The number of rotatable bonds is 7. The number of hydrogen-bond acceptors (Lipinski definition) is 6. The summed E-state index contributed by atoms with van der Waals surface area (Å²) in [7, 11) is 0. The minimum absolute atomic E-state index is 0.0591. The van der Waals surface area contributed by atoms with Crippen LogP contribution < -0.4 is 10.1 Å². The van der Waals surface area contributed by atoms with Crippen LogP contribution in [0.1, 0.15) is 30.1 Å². The van der Waals surface area contributed by atoms with Crippen molar-refractivity contribution in [3.8, 4) is 17.2 Å². The summed E-state index contributed by atoms with van der Waals surface area (Å²) < 4.78 is 11.7. The van der Waals surface area contributed by atoms with Gasteiger partial charge in [0.2, 0.25) is 5.89 Å². The Balaban J connectivity index is 1.64. The fourth-order valence-corrected chi connectivity index (χ4v) is 3.13.